The quantitative estimate of drug-likeness (QED) is 0.476. The van der Waals surface area contributed by atoms with Gasteiger partial charge in [-0.25, -0.2) is 18.0 Å². The third-order valence-corrected chi connectivity index (χ3v) is 3.79. The van der Waals surface area contributed by atoms with E-state index in [1.807, 2.05) is 0 Å². The molecule has 0 N–H and O–H groups in total. The second-order valence-electron chi connectivity index (χ2n) is 5.71. The molecule has 0 aliphatic rings. The molecule has 2 aromatic carbocycles. The van der Waals surface area contributed by atoms with E-state index >= 15 is 0 Å². The molecule has 7 heteroatoms. The molecule has 0 amide bonds. The molecule has 27 heavy (non-hydrogen) atoms. The zero-order valence-corrected chi connectivity index (χ0v) is 14.0. The van der Waals surface area contributed by atoms with E-state index in [4.69, 9.17) is 9.15 Å². The van der Waals surface area contributed by atoms with Crippen molar-refractivity contribution >= 4 is 11.8 Å². The molecule has 1 unspecified atom stereocenters. The molecule has 3 rings (SSSR count). The van der Waals surface area contributed by atoms with Gasteiger partial charge in [0.05, 0.1) is 0 Å². The molecule has 3 aromatic rings. The molecule has 0 aliphatic heterocycles. The van der Waals surface area contributed by atoms with Gasteiger partial charge in [0.2, 0.25) is 11.5 Å². The van der Waals surface area contributed by atoms with E-state index in [0.717, 1.165) is 18.2 Å². The zero-order chi connectivity index (χ0) is 19.6. The summed E-state index contributed by atoms with van der Waals surface area (Å²) in [6.45, 7) is 1.31. The van der Waals surface area contributed by atoms with E-state index < -0.39 is 35.3 Å². The van der Waals surface area contributed by atoms with Gasteiger partial charge in [-0.3, -0.25) is 4.79 Å². The maximum Gasteiger partial charge on any atom is 0.374 e. The summed E-state index contributed by atoms with van der Waals surface area (Å²) in [5, 5.41) is 0. The van der Waals surface area contributed by atoms with Crippen molar-refractivity contribution in [1.29, 1.82) is 0 Å². The molecule has 1 aromatic heterocycles. The number of benzene rings is 2. The summed E-state index contributed by atoms with van der Waals surface area (Å²) in [5.74, 6) is -4.08. The van der Waals surface area contributed by atoms with Crippen molar-refractivity contribution in [1.82, 2.24) is 0 Å². The van der Waals surface area contributed by atoms with Crippen molar-refractivity contribution in [3.05, 3.63) is 83.4 Å². The SMILES string of the molecule is CC(OC(=O)c1ccc(-c2ccc(F)cc2)o1)C(=O)c1ccc(F)c(F)c1. The van der Waals surface area contributed by atoms with E-state index in [1.165, 1.54) is 43.3 Å². The number of Topliss-reactive ketones (excluding diaryl/α,β-unsaturated/α-hetero) is 1. The number of furan rings is 1. The van der Waals surface area contributed by atoms with Crippen molar-refractivity contribution in [3.63, 3.8) is 0 Å². The van der Waals surface area contributed by atoms with E-state index in [9.17, 15) is 22.8 Å². The van der Waals surface area contributed by atoms with Crippen LogP contribution in [-0.2, 0) is 4.74 Å². The lowest BCUT2D eigenvalue weighted by molar-refractivity contribution is 0.0290. The highest BCUT2D eigenvalue weighted by Gasteiger charge is 2.23. The molecule has 1 heterocycles. The van der Waals surface area contributed by atoms with Gasteiger partial charge in [-0.15, -0.1) is 0 Å². The van der Waals surface area contributed by atoms with Crippen molar-refractivity contribution in [2.75, 3.05) is 0 Å². The Labute approximate surface area is 152 Å². The first kappa shape index (κ1) is 18.4. The molecule has 4 nitrogen and oxygen atoms in total. The highest BCUT2D eigenvalue weighted by molar-refractivity contribution is 6.01. The zero-order valence-electron chi connectivity index (χ0n) is 14.0. The largest absolute Gasteiger partial charge is 0.449 e. The summed E-state index contributed by atoms with van der Waals surface area (Å²) >= 11 is 0. The first-order chi connectivity index (χ1) is 12.8. The molecule has 0 radical (unpaired) electrons. The second kappa shape index (κ2) is 7.49. The molecule has 0 fully saturated rings. The van der Waals surface area contributed by atoms with Crippen LogP contribution in [0.5, 0.6) is 0 Å². The van der Waals surface area contributed by atoms with E-state index in [0.29, 0.717) is 11.3 Å². The minimum absolute atomic E-state index is 0.124. The van der Waals surface area contributed by atoms with Crippen molar-refractivity contribution in [3.8, 4) is 11.3 Å². The minimum atomic E-state index is -1.23. The summed E-state index contributed by atoms with van der Waals surface area (Å²) in [6.07, 6.45) is -1.23. The van der Waals surface area contributed by atoms with Crippen LogP contribution >= 0.6 is 0 Å². The van der Waals surface area contributed by atoms with Gasteiger partial charge >= 0.3 is 5.97 Å². The van der Waals surface area contributed by atoms with Crippen LogP contribution in [-0.4, -0.2) is 17.9 Å². The predicted octanol–water partition coefficient (Wildman–Crippen LogP) is 4.79. The van der Waals surface area contributed by atoms with Gasteiger partial charge in [-0.1, -0.05) is 0 Å². The van der Waals surface area contributed by atoms with Crippen LogP contribution in [0.3, 0.4) is 0 Å². The van der Waals surface area contributed by atoms with Crippen LogP contribution < -0.4 is 0 Å². The number of hydrogen-bond acceptors (Lipinski definition) is 4. The van der Waals surface area contributed by atoms with Crippen LogP contribution in [0.25, 0.3) is 11.3 Å². The third-order valence-electron chi connectivity index (χ3n) is 3.79. The smallest absolute Gasteiger partial charge is 0.374 e. The van der Waals surface area contributed by atoms with Crippen LogP contribution in [0.15, 0.2) is 59.0 Å². The highest BCUT2D eigenvalue weighted by atomic mass is 19.2. The Morgan fingerprint density at radius 2 is 1.63 bits per heavy atom. The first-order valence-electron chi connectivity index (χ1n) is 7.91. The Bertz CT molecular complexity index is 993. The van der Waals surface area contributed by atoms with Crippen LogP contribution in [0.4, 0.5) is 13.2 Å². The van der Waals surface area contributed by atoms with Crippen LogP contribution in [0.2, 0.25) is 0 Å². The average molecular weight is 374 g/mol. The fourth-order valence-corrected chi connectivity index (χ4v) is 2.37. The molecular weight excluding hydrogens is 361 g/mol. The molecule has 1 atom stereocenters. The predicted molar refractivity (Wildman–Crippen MR) is 89.7 cm³/mol. The maximum atomic E-state index is 13.2. The molecule has 0 saturated heterocycles. The fourth-order valence-electron chi connectivity index (χ4n) is 2.37. The highest BCUT2D eigenvalue weighted by Crippen LogP contribution is 2.23. The monoisotopic (exact) mass is 374 g/mol. The van der Waals surface area contributed by atoms with Gasteiger partial charge in [0, 0.05) is 11.1 Å². The summed E-state index contributed by atoms with van der Waals surface area (Å²) < 4.78 is 49.6. The Morgan fingerprint density at radius 3 is 2.30 bits per heavy atom. The number of halogens is 3. The number of hydrogen-bond donors (Lipinski definition) is 0. The van der Waals surface area contributed by atoms with Crippen molar-refractivity contribution < 1.29 is 31.9 Å². The summed E-state index contributed by atoms with van der Waals surface area (Å²) in [4.78, 5) is 24.3. The molecule has 0 saturated carbocycles. The van der Waals surface area contributed by atoms with Crippen molar-refractivity contribution in [2.45, 2.75) is 13.0 Å². The van der Waals surface area contributed by atoms with E-state index in [2.05, 4.69) is 0 Å². The normalized spacial score (nSPS) is 11.9. The lowest BCUT2D eigenvalue weighted by atomic mass is 10.1. The van der Waals surface area contributed by atoms with Gasteiger partial charge in [0.25, 0.3) is 0 Å². The number of rotatable bonds is 5. The van der Waals surface area contributed by atoms with E-state index in [-0.39, 0.29) is 11.3 Å². The molecule has 138 valence electrons. The Balaban J connectivity index is 1.70. The first-order valence-corrected chi connectivity index (χ1v) is 7.91. The Hall–Kier alpha value is -3.35. The molecular formula is C20H13F3O4. The molecule has 0 aliphatic carbocycles. The van der Waals surface area contributed by atoms with Crippen molar-refractivity contribution in [2.24, 2.45) is 0 Å². The fraction of sp³-hybridized carbons (Fsp3) is 0.100. The summed E-state index contributed by atoms with van der Waals surface area (Å²) in [7, 11) is 0. The Morgan fingerprint density at radius 1 is 0.926 bits per heavy atom. The van der Waals surface area contributed by atoms with Gasteiger partial charge in [-0.05, 0) is 61.5 Å². The van der Waals surface area contributed by atoms with Gasteiger partial charge in [0.15, 0.2) is 17.7 Å². The number of carbonyl (C=O) groups excluding carboxylic acids is 2. The Kier molecular flexibility index (Phi) is 5.12. The average Bonchev–Trinajstić information content (AvgIpc) is 3.14. The van der Waals surface area contributed by atoms with Gasteiger partial charge < -0.3 is 9.15 Å². The lowest BCUT2D eigenvalue weighted by Gasteiger charge is -2.11. The standard InChI is InChI=1S/C20H13F3O4/c1-11(19(24)13-4-7-15(22)16(23)10-13)26-20(25)18-9-8-17(27-18)12-2-5-14(21)6-3-12/h2-11H,1H3. The summed E-state index contributed by atoms with van der Waals surface area (Å²) in [5.41, 5.74) is 0.432. The van der Waals surface area contributed by atoms with E-state index in [1.54, 1.807) is 0 Å². The second-order valence-corrected chi connectivity index (χ2v) is 5.71. The topological polar surface area (TPSA) is 56.5 Å². The number of esters is 1. The third kappa shape index (κ3) is 4.08. The molecule has 0 bridgehead atoms. The molecule has 0 spiro atoms. The summed E-state index contributed by atoms with van der Waals surface area (Å²) in [6, 6.07) is 11.0. The minimum Gasteiger partial charge on any atom is -0.449 e. The van der Waals surface area contributed by atoms with Gasteiger partial charge in [0.1, 0.15) is 11.6 Å². The van der Waals surface area contributed by atoms with Crippen LogP contribution in [0, 0.1) is 17.5 Å². The van der Waals surface area contributed by atoms with Gasteiger partial charge in [-0.2, -0.15) is 0 Å². The number of ether oxygens (including phenoxy) is 1. The number of carbonyl (C=O) groups is 2. The lowest BCUT2D eigenvalue weighted by Crippen LogP contribution is -2.24. The maximum absolute atomic E-state index is 13.2. The van der Waals surface area contributed by atoms with Crippen LogP contribution in [0.1, 0.15) is 27.8 Å². The number of ketones is 1.